The number of anilines is 1. The molecule has 0 saturated carbocycles. The molecule has 0 amide bonds. The van der Waals surface area contributed by atoms with E-state index < -0.39 is 20.0 Å². The molecule has 0 fully saturated rings. The lowest BCUT2D eigenvalue weighted by Gasteiger charge is -2.12. The molecule has 0 saturated heterocycles. The summed E-state index contributed by atoms with van der Waals surface area (Å²) in [5.74, 6) is 0.140. The number of aromatic nitrogens is 1. The Morgan fingerprint density at radius 1 is 1.14 bits per heavy atom. The van der Waals surface area contributed by atoms with Crippen LogP contribution in [-0.4, -0.2) is 28.1 Å². The molecule has 0 bridgehead atoms. The first-order chi connectivity index (χ1) is 10.1. The maximum absolute atomic E-state index is 11.4. The number of nitrogens with one attached hydrogen (secondary N) is 1. The van der Waals surface area contributed by atoms with E-state index in [4.69, 9.17) is 9.88 Å². The average Bonchev–Trinajstić information content (AvgIpc) is 2.39. The highest BCUT2D eigenvalue weighted by molar-refractivity contribution is 7.92. The number of pyridine rings is 1. The van der Waals surface area contributed by atoms with Crippen molar-refractivity contribution in [3.8, 4) is 11.6 Å². The van der Waals surface area contributed by atoms with Crippen molar-refractivity contribution >= 4 is 25.7 Å². The highest BCUT2D eigenvalue weighted by Crippen LogP contribution is 2.31. The lowest BCUT2D eigenvalue weighted by molar-refractivity contribution is 0.463. The summed E-state index contributed by atoms with van der Waals surface area (Å²) in [5, 5.41) is 5.06. The average molecular weight is 343 g/mol. The summed E-state index contributed by atoms with van der Waals surface area (Å²) in [4.78, 5) is 3.71. The molecule has 0 aliphatic carbocycles. The number of sulfonamides is 2. The number of benzene rings is 1. The Kier molecular flexibility index (Phi) is 4.35. The molecule has 3 N–H and O–H groups in total. The van der Waals surface area contributed by atoms with Crippen molar-refractivity contribution in [2.24, 2.45) is 5.14 Å². The molecule has 0 unspecified atom stereocenters. The Labute approximate surface area is 128 Å². The van der Waals surface area contributed by atoms with Gasteiger partial charge in [-0.15, -0.1) is 0 Å². The molecule has 0 aliphatic heterocycles. The third kappa shape index (κ3) is 4.41. The molecule has 22 heavy (non-hydrogen) atoms. The monoisotopic (exact) mass is 343 g/mol. The second-order valence-corrected chi connectivity index (χ2v) is 7.66. The van der Waals surface area contributed by atoms with E-state index >= 15 is 0 Å². The molecule has 1 aromatic carbocycles. The fraction of sp³-hybridized carbons (Fsp3) is 0.0833. The molecular weight excluding hydrogens is 330 g/mol. The zero-order valence-electron chi connectivity index (χ0n) is 11.4. The highest BCUT2D eigenvalue weighted by Gasteiger charge is 2.15. The quantitative estimate of drug-likeness (QED) is 0.829. The predicted molar refractivity (Wildman–Crippen MR) is 80.6 cm³/mol. The molecular formula is C12H13N3O5S2. The number of nitrogens with two attached hydrogens (primary N) is 1. The van der Waals surface area contributed by atoms with Crippen molar-refractivity contribution in [3.63, 3.8) is 0 Å². The summed E-state index contributed by atoms with van der Waals surface area (Å²) in [6.07, 6.45) is 2.44. The number of hydrogen-bond donors (Lipinski definition) is 2. The van der Waals surface area contributed by atoms with E-state index in [0.717, 1.165) is 12.3 Å². The zero-order chi connectivity index (χ0) is 16.4. The van der Waals surface area contributed by atoms with Gasteiger partial charge in [0, 0.05) is 18.3 Å². The van der Waals surface area contributed by atoms with Crippen molar-refractivity contribution in [2.45, 2.75) is 4.90 Å². The van der Waals surface area contributed by atoms with Crippen LogP contribution in [0.2, 0.25) is 0 Å². The summed E-state index contributed by atoms with van der Waals surface area (Å²) in [5.41, 5.74) is 0.0700. The largest absolute Gasteiger partial charge is 0.437 e. The summed E-state index contributed by atoms with van der Waals surface area (Å²) in [7, 11) is -7.53. The second kappa shape index (κ2) is 5.91. The lowest BCUT2D eigenvalue weighted by Crippen LogP contribution is -2.14. The molecule has 118 valence electrons. The number of primary sulfonamides is 1. The van der Waals surface area contributed by atoms with E-state index in [-0.39, 0.29) is 22.2 Å². The van der Waals surface area contributed by atoms with Gasteiger partial charge in [0.05, 0.1) is 16.8 Å². The molecule has 0 radical (unpaired) electrons. The molecule has 10 heteroatoms. The van der Waals surface area contributed by atoms with E-state index in [1.165, 1.54) is 24.4 Å². The first-order valence-corrected chi connectivity index (χ1v) is 9.32. The van der Waals surface area contributed by atoms with Crippen LogP contribution in [0.15, 0.2) is 47.5 Å². The molecule has 0 spiro atoms. The molecule has 1 aromatic heterocycles. The Morgan fingerprint density at radius 3 is 2.41 bits per heavy atom. The standard InChI is InChI=1S/C12H13N3O5S2/c1-21(16,17)15-10-6-5-9(22(13,18)19)8-11(10)20-12-4-2-3-7-14-12/h2-8,15H,1H3,(H2,13,18,19). The third-order valence-corrected chi connectivity index (χ3v) is 3.93. The van der Waals surface area contributed by atoms with Crippen molar-refractivity contribution < 1.29 is 21.6 Å². The number of ether oxygens (including phenoxy) is 1. The van der Waals surface area contributed by atoms with Crippen molar-refractivity contribution in [2.75, 3.05) is 11.0 Å². The van der Waals surface area contributed by atoms with E-state index in [1.54, 1.807) is 12.1 Å². The second-order valence-electron chi connectivity index (χ2n) is 4.35. The highest BCUT2D eigenvalue weighted by atomic mass is 32.2. The van der Waals surface area contributed by atoms with Gasteiger partial charge in [-0.25, -0.2) is 27.0 Å². The van der Waals surface area contributed by atoms with Gasteiger partial charge in [0.2, 0.25) is 25.9 Å². The summed E-state index contributed by atoms with van der Waals surface area (Å²) in [6.45, 7) is 0. The predicted octanol–water partition coefficient (Wildman–Crippen LogP) is 0.893. The molecule has 8 nitrogen and oxygen atoms in total. The van der Waals surface area contributed by atoms with E-state index in [0.29, 0.717) is 0 Å². The van der Waals surface area contributed by atoms with Gasteiger partial charge >= 0.3 is 0 Å². The topological polar surface area (TPSA) is 128 Å². The summed E-state index contributed by atoms with van der Waals surface area (Å²) >= 11 is 0. The molecule has 2 rings (SSSR count). The minimum atomic E-state index is -3.96. The van der Waals surface area contributed by atoms with Crippen LogP contribution in [0.1, 0.15) is 0 Å². The van der Waals surface area contributed by atoms with Crippen LogP contribution in [0.25, 0.3) is 0 Å². The number of rotatable bonds is 5. The van der Waals surface area contributed by atoms with Gasteiger partial charge in [-0.1, -0.05) is 6.07 Å². The smallest absolute Gasteiger partial charge is 0.238 e. The minimum Gasteiger partial charge on any atom is -0.437 e. The van der Waals surface area contributed by atoms with E-state index in [9.17, 15) is 16.8 Å². The maximum Gasteiger partial charge on any atom is 0.238 e. The molecule has 2 aromatic rings. The van der Waals surface area contributed by atoms with Crippen LogP contribution < -0.4 is 14.6 Å². The van der Waals surface area contributed by atoms with Crippen molar-refractivity contribution in [3.05, 3.63) is 42.6 Å². The number of nitrogens with zero attached hydrogens (tertiary/aromatic N) is 1. The summed E-state index contributed by atoms with van der Waals surface area (Å²) in [6, 6.07) is 8.41. The Morgan fingerprint density at radius 2 is 1.86 bits per heavy atom. The van der Waals surface area contributed by atoms with Crippen LogP contribution in [0.3, 0.4) is 0 Å². The third-order valence-electron chi connectivity index (χ3n) is 2.43. The first kappa shape index (κ1) is 16.2. The van der Waals surface area contributed by atoms with Crippen LogP contribution in [-0.2, 0) is 20.0 Å². The number of hydrogen-bond acceptors (Lipinski definition) is 6. The van der Waals surface area contributed by atoms with Crippen LogP contribution >= 0.6 is 0 Å². The van der Waals surface area contributed by atoms with E-state index in [1.807, 2.05) is 0 Å². The Bertz CT molecular complexity index is 880. The van der Waals surface area contributed by atoms with Crippen molar-refractivity contribution in [1.29, 1.82) is 0 Å². The Balaban J connectivity index is 2.50. The molecule has 0 aliphatic rings. The van der Waals surface area contributed by atoms with Crippen LogP contribution in [0.4, 0.5) is 5.69 Å². The molecule has 0 atom stereocenters. The van der Waals surface area contributed by atoms with Crippen molar-refractivity contribution in [1.82, 2.24) is 4.98 Å². The fourth-order valence-electron chi connectivity index (χ4n) is 1.57. The van der Waals surface area contributed by atoms with Crippen LogP contribution in [0, 0.1) is 0 Å². The van der Waals surface area contributed by atoms with Crippen LogP contribution in [0.5, 0.6) is 11.6 Å². The van der Waals surface area contributed by atoms with Gasteiger partial charge in [0.15, 0.2) is 5.75 Å². The first-order valence-electron chi connectivity index (χ1n) is 5.89. The maximum atomic E-state index is 11.4. The lowest BCUT2D eigenvalue weighted by atomic mass is 10.3. The van der Waals surface area contributed by atoms with E-state index in [2.05, 4.69) is 9.71 Å². The molecule has 1 heterocycles. The Hall–Kier alpha value is -2.17. The van der Waals surface area contributed by atoms with Gasteiger partial charge in [-0.05, 0) is 18.2 Å². The zero-order valence-corrected chi connectivity index (χ0v) is 13.1. The van der Waals surface area contributed by atoms with Gasteiger partial charge in [0.1, 0.15) is 0 Å². The minimum absolute atomic E-state index is 0.0318. The van der Waals surface area contributed by atoms with Gasteiger partial charge in [-0.2, -0.15) is 0 Å². The summed E-state index contributed by atoms with van der Waals surface area (Å²) < 4.78 is 53.2. The fourth-order valence-corrected chi connectivity index (χ4v) is 2.67. The van der Waals surface area contributed by atoms with Gasteiger partial charge in [0.25, 0.3) is 0 Å². The normalized spacial score (nSPS) is 11.9. The van der Waals surface area contributed by atoms with Gasteiger partial charge in [-0.3, -0.25) is 4.72 Å². The van der Waals surface area contributed by atoms with Gasteiger partial charge < -0.3 is 4.74 Å². The SMILES string of the molecule is CS(=O)(=O)Nc1ccc(S(N)(=O)=O)cc1Oc1ccccn1.